The predicted molar refractivity (Wildman–Crippen MR) is 70.2 cm³/mol. The number of pyridine rings is 1. The van der Waals surface area contributed by atoms with E-state index in [-0.39, 0.29) is 6.61 Å². The lowest BCUT2D eigenvalue weighted by Crippen LogP contribution is -2.34. The van der Waals surface area contributed by atoms with E-state index in [0.717, 1.165) is 16.9 Å². The third-order valence-electron chi connectivity index (χ3n) is 3.77. The molecule has 2 rings (SSSR count). The summed E-state index contributed by atoms with van der Waals surface area (Å²) in [4.78, 5) is 6.58. The van der Waals surface area contributed by atoms with Crippen molar-refractivity contribution in [3.63, 3.8) is 0 Å². The lowest BCUT2D eigenvalue weighted by Gasteiger charge is -2.34. The molecule has 3 nitrogen and oxygen atoms in total. The summed E-state index contributed by atoms with van der Waals surface area (Å²) < 4.78 is 0. The number of aromatic nitrogens is 1. The largest absolute Gasteiger partial charge is 0.392 e. The zero-order valence-corrected chi connectivity index (χ0v) is 10.8. The topological polar surface area (TPSA) is 36.4 Å². The van der Waals surface area contributed by atoms with Crippen LogP contribution in [0.5, 0.6) is 0 Å². The van der Waals surface area contributed by atoms with Crippen molar-refractivity contribution >= 4 is 5.69 Å². The SMILES string of the molecule is Cc1cc(N(C)C2CCCCC2)c(CO)cn1. The highest BCUT2D eigenvalue weighted by atomic mass is 16.3. The zero-order chi connectivity index (χ0) is 12.3. The monoisotopic (exact) mass is 234 g/mol. The molecule has 0 saturated heterocycles. The molecule has 1 fully saturated rings. The van der Waals surface area contributed by atoms with Gasteiger partial charge < -0.3 is 10.0 Å². The first-order valence-corrected chi connectivity index (χ1v) is 6.51. The van der Waals surface area contributed by atoms with E-state index in [4.69, 9.17) is 0 Å². The van der Waals surface area contributed by atoms with Gasteiger partial charge in [0.1, 0.15) is 0 Å². The molecule has 94 valence electrons. The molecule has 1 aromatic heterocycles. The molecule has 1 aromatic rings. The fourth-order valence-corrected chi connectivity index (χ4v) is 2.69. The van der Waals surface area contributed by atoms with Crippen LogP contribution in [0.4, 0.5) is 5.69 Å². The van der Waals surface area contributed by atoms with Crippen LogP contribution in [-0.2, 0) is 6.61 Å². The van der Waals surface area contributed by atoms with Crippen LogP contribution in [0.25, 0.3) is 0 Å². The van der Waals surface area contributed by atoms with Gasteiger partial charge in [0.25, 0.3) is 0 Å². The Hall–Kier alpha value is -1.09. The smallest absolute Gasteiger partial charge is 0.0717 e. The van der Waals surface area contributed by atoms with Crippen LogP contribution in [0.1, 0.15) is 43.4 Å². The number of nitrogens with zero attached hydrogens (tertiary/aromatic N) is 2. The molecule has 0 bridgehead atoms. The first-order valence-electron chi connectivity index (χ1n) is 6.51. The lowest BCUT2D eigenvalue weighted by molar-refractivity contribution is 0.281. The van der Waals surface area contributed by atoms with Crippen molar-refractivity contribution in [1.82, 2.24) is 4.98 Å². The number of aliphatic hydroxyl groups is 1. The van der Waals surface area contributed by atoms with Gasteiger partial charge in [-0.3, -0.25) is 4.98 Å². The standard InChI is InChI=1S/C14H22N2O/c1-11-8-14(12(10-17)9-15-11)16(2)13-6-4-3-5-7-13/h8-9,13,17H,3-7,10H2,1-2H3. The van der Waals surface area contributed by atoms with Crippen LogP contribution in [-0.4, -0.2) is 23.2 Å². The zero-order valence-electron chi connectivity index (χ0n) is 10.8. The maximum atomic E-state index is 9.39. The number of hydrogen-bond acceptors (Lipinski definition) is 3. The van der Waals surface area contributed by atoms with Crippen molar-refractivity contribution in [3.05, 3.63) is 23.5 Å². The highest BCUT2D eigenvalue weighted by Gasteiger charge is 2.20. The van der Waals surface area contributed by atoms with Crippen LogP contribution >= 0.6 is 0 Å². The predicted octanol–water partition coefficient (Wildman–Crippen LogP) is 2.65. The third kappa shape index (κ3) is 2.78. The van der Waals surface area contributed by atoms with Crippen molar-refractivity contribution in [2.45, 2.75) is 51.7 Å². The second kappa shape index (κ2) is 5.50. The number of aliphatic hydroxyl groups excluding tert-OH is 1. The van der Waals surface area contributed by atoms with Gasteiger partial charge in [0.15, 0.2) is 0 Å². The Labute approximate surface area is 103 Å². The molecule has 1 heterocycles. The highest BCUT2D eigenvalue weighted by Crippen LogP contribution is 2.28. The Morgan fingerprint density at radius 3 is 2.71 bits per heavy atom. The number of hydrogen-bond donors (Lipinski definition) is 1. The molecule has 0 radical (unpaired) electrons. The molecule has 0 aliphatic heterocycles. The van der Waals surface area contributed by atoms with Gasteiger partial charge >= 0.3 is 0 Å². The van der Waals surface area contributed by atoms with Crippen LogP contribution in [0, 0.1) is 6.92 Å². The van der Waals surface area contributed by atoms with E-state index in [0.29, 0.717) is 6.04 Å². The maximum Gasteiger partial charge on any atom is 0.0717 e. The van der Waals surface area contributed by atoms with Gasteiger partial charge in [-0.15, -0.1) is 0 Å². The fourth-order valence-electron chi connectivity index (χ4n) is 2.69. The van der Waals surface area contributed by atoms with Crippen molar-refractivity contribution < 1.29 is 5.11 Å². The van der Waals surface area contributed by atoms with E-state index in [1.165, 1.54) is 32.1 Å². The Morgan fingerprint density at radius 2 is 2.06 bits per heavy atom. The molecular formula is C14H22N2O. The van der Waals surface area contributed by atoms with Crippen molar-refractivity contribution in [2.24, 2.45) is 0 Å². The number of rotatable bonds is 3. The highest BCUT2D eigenvalue weighted by molar-refractivity contribution is 5.53. The Morgan fingerprint density at radius 1 is 1.35 bits per heavy atom. The summed E-state index contributed by atoms with van der Waals surface area (Å²) in [5.41, 5.74) is 3.09. The Bertz CT molecular complexity index is 372. The molecule has 1 aliphatic carbocycles. The van der Waals surface area contributed by atoms with Gasteiger partial charge in [-0.05, 0) is 25.8 Å². The molecule has 0 spiro atoms. The lowest BCUT2D eigenvalue weighted by atomic mass is 9.94. The molecule has 0 atom stereocenters. The molecule has 1 N–H and O–H groups in total. The summed E-state index contributed by atoms with van der Waals surface area (Å²) >= 11 is 0. The van der Waals surface area contributed by atoms with Crippen molar-refractivity contribution in [1.29, 1.82) is 0 Å². The molecule has 1 aliphatic rings. The van der Waals surface area contributed by atoms with E-state index >= 15 is 0 Å². The molecule has 1 saturated carbocycles. The summed E-state index contributed by atoms with van der Waals surface area (Å²) in [5.74, 6) is 0. The van der Waals surface area contributed by atoms with Gasteiger partial charge in [-0.1, -0.05) is 19.3 Å². The van der Waals surface area contributed by atoms with Crippen molar-refractivity contribution in [2.75, 3.05) is 11.9 Å². The van der Waals surface area contributed by atoms with Gasteiger partial charge in [-0.25, -0.2) is 0 Å². The minimum Gasteiger partial charge on any atom is -0.392 e. The first-order chi connectivity index (χ1) is 8.22. The summed E-state index contributed by atoms with van der Waals surface area (Å²) in [6, 6.07) is 2.70. The van der Waals surface area contributed by atoms with Gasteiger partial charge in [-0.2, -0.15) is 0 Å². The van der Waals surface area contributed by atoms with E-state index in [1.807, 2.05) is 6.92 Å². The van der Waals surface area contributed by atoms with Gasteiger partial charge in [0.05, 0.1) is 6.61 Å². The fraction of sp³-hybridized carbons (Fsp3) is 0.643. The van der Waals surface area contributed by atoms with E-state index in [1.54, 1.807) is 6.20 Å². The second-order valence-corrected chi connectivity index (χ2v) is 5.02. The molecule has 3 heteroatoms. The number of anilines is 1. The second-order valence-electron chi connectivity index (χ2n) is 5.02. The minimum absolute atomic E-state index is 0.0691. The van der Waals surface area contributed by atoms with E-state index in [2.05, 4.69) is 23.0 Å². The maximum absolute atomic E-state index is 9.39. The molecule has 0 amide bonds. The molecule has 0 unspecified atom stereocenters. The molecule has 0 aromatic carbocycles. The van der Waals surface area contributed by atoms with Crippen LogP contribution in [0.3, 0.4) is 0 Å². The average Bonchev–Trinajstić information content (AvgIpc) is 2.39. The van der Waals surface area contributed by atoms with Gasteiger partial charge in [0.2, 0.25) is 0 Å². The minimum atomic E-state index is 0.0691. The van der Waals surface area contributed by atoms with Crippen LogP contribution in [0.15, 0.2) is 12.3 Å². The summed E-state index contributed by atoms with van der Waals surface area (Å²) in [7, 11) is 2.14. The quantitative estimate of drug-likeness (QED) is 0.873. The molecule has 17 heavy (non-hydrogen) atoms. The normalized spacial score (nSPS) is 17.1. The Kier molecular flexibility index (Phi) is 4.00. The number of aryl methyl sites for hydroxylation is 1. The molecular weight excluding hydrogens is 212 g/mol. The Balaban J connectivity index is 2.21. The van der Waals surface area contributed by atoms with Crippen LogP contribution in [0.2, 0.25) is 0 Å². The summed E-state index contributed by atoms with van der Waals surface area (Å²) in [6.45, 7) is 2.07. The summed E-state index contributed by atoms with van der Waals surface area (Å²) in [5, 5.41) is 9.39. The van der Waals surface area contributed by atoms with Crippen molar-refractivity contribution in [3.8, 4) is 0 Å². The van der Waals surface area contributed by atoms with Crippen LogP contribution < -0.4 is 4.90 Å². The third-order valence-corrected chi connectivity index (χ3v) is 3.77. The van der Waals surface area contributed by atoms with Gasteiger partial charge in [0, 0.05) is 36.2 Å². The van der Waals surface area contributed by atoms with E-state index in [9.17, 15) is 5.11 Å². The summed E-state index contributed by atoms with van der Waals surface area (Å²) in [6.07, 6.45) is 8.35. The first kappa shape index (κ1) is 12.4. The average molecular weight is 234 g/mol. The van der Waals surface area contributed by atoms with E-state index < -0.39 is 0 Å².